The van der Waals surface area contributed by atoms with E-state index in [-0.39, 0.29) is 11.7 Å². The van der Waals surface area contributed by atoms with Crippen LogP contribution in [0.5, 0.6) is 5.75 Å². The largest absolute Gasteiger partial charge is 0.496 e. The molecule has 0 amide bonds. The Hall–Kier alpha value is -2.40. The van der Waals surface area contributed by atoms with E-state index in [0.717, 1.165) is 11.1 Å². The normalized spacial score (nSPS) is 14.5. The van der Waals surface area contributed by atoms with Gasteiger partial charge in [-0.05, 0) is 25.5 Å². The van der Waals surface area contributed by atoms with E-state index in [9.17, 15) is 9.18 Å². The van der Waals surface area contributed by atoms with Crippen molar-refractivity contribution in [2.24, 2.45) is 5.73 Å². The SMILES string of the molecule is COc1cc(F)ccc1[C@@H](c1ccccc1)[C@H](C)OC(=O)[C@H](C)N. The predicted octanol–water partition coefficient (Wildman–Crippen LogP) is 3.25. The molecule has 0 aromatic heterocycles. The summed E-state index contributed by atoms with van der Waals surface area (Å²) in [7, 11) is 1.49. The van der Waals surface area contributed by atoms with Crippen molar-refractivity contribution in [3.63, 3.8) is 0 Å². The number of methoxy groups -OCH3 is 1. The highest BCUT2D eigenvalue weighted by atomic mass is 19.1. The van der Waals surface area contributed by atoms with Crippen LogP contribution in [0.25, 0.3) is 0 Å². The molecule has 0 aliphatic carbocycles. The highest BCUT2D eigenvalue weighted by Gasteiger charge is 2.28. The van der Waals surface area contributed by atoms with Gasteiger partial charge in [0.2, 0.25) is 0 Å². The number of carbonyl (C=O) groups is 1. The second-order valence-corrected chi connectivity index (χ2v) is 5.71. The smallest absolute Gasteiger partial charge is 0.322 e. The average Bonchev–Trinajstić information content (AvgIpc) is 2.57. The van der Waals surface area contributed by atoms with Crippen LogP contribution < -0.4 is 10.5 Å². The lowest BCUT2D eigenvalue weighted by atomic mass is 9.86. The van der Waals surface area contributed by atoms with Gasteiger partial charge in [-0.3, -0.25) is 4.79 Å². The third kappa shape index (κ3) is 4.11. The lowest BCUT2D eigenvalue weighted by Crippen LogP contribution is -2.33. The molecule has 24 heavy (non-hydrogen) atoms. The van der Waals surface area contributed by atoms with Gasteiger partial charge in [-0.25, -0.2) is 4.39 Å². The first kappa shape index (κ1) is 17.9. The Morgan fingerprint density at radius 3 is 2.38 bits per heavy atom. The molecule has 2 rings (SSSR count). The van der Waals surface area contributed by atoms with Gasteiger partial charge in [0.05, 0.1) is 7.11 Å². The van der Waals surface area contributed by atoms with E-state index in [1.807, 2.05) is 30.3 Å². The summed E-state index contributed by atoms with van der Waals surface area (Å²) in [6.45, 7) is 3.37. The maximum Gasteiger partial charge on any atom is 0.322 e. The van der Waals surface area contributed by atoms with Gasteiger partial charge in [0.15, 0.2) is 0 Å². The van der Waals surface area contributed by atoms with Crippen molar-refractivity contribution in [2.45, 2.75) is 31.9 Å². The molecule has 5 heteroatoms. The molecule has 2 aromatic rings. The molecule has 0 aliphatic rings. The van der Waals surface area contributed by atoms with Crippen LogP contribution in [-0.4, -0.2) is 25.2 Å². The first-order valence-electron chi connectivity index (χ1n) is 7.78. The Bertz CT molecular complexity index is 688. The molecule has 2 aromatic carbocycles. The lowest BCUT2D eigenvalue weighted by Gasteiger charge is -2.27. The van der Waals surface area contributed by atoms with Gasteiger partial charge < -0.3 is 15.2 Å². The first-order valence-corrected chi connectivity index (χ1v) is 7.78. The number of ether oxygens (including phenoxy) is 2. The quantitative estimate of drug-likeness (QED) is 0.826. The van der Waals surface area contributed by atoms with Gasteiger partial charge in [0, 0.05) is 17.5 Å². The van der Waals surface area contributed by atoms with Crippen LogP contribution in [0.2, 0.25) is 0 Å². The van der Waals surface area contributed by atoms with Crippen molar-refractivity contribution in [3.05, 3.63) is 65.5 Å². The zero-order chi connectivity index (χ0) is 17.7. The van der Waals surface area contributed by atoms with Crippen molar-refractivity contribution in [1.29, 1.82) is 0 Å². The summed E-state index contributed by atoms with van der Waals surface area (Å²) in [6, 6.07) is 13.2. The summed E-state index contributed by atoms with van der Waals surface area (Å²) in [5.41, 5.74) is 7.27. The third-order valence-electron chi connectivity index (χ3n) is 3.83. The minimum Gasteiger partial charge on any atom is -0.496 e. The monoisotopic (exact) mass is 331 g/mol. The molecule has 4 nitrogen and oxygen atoms in total. The summed E-state index contributed by atoms with van der Waals surface area (Å²) in [4.78, 5) is 11.9. The Kier molecular flexibility index (Phi) is 5.93. The molecular weight excluding hydrogens is 309 g/mol. The number of esters is 1. The molecule has 0 aliphatic heterocycles. The Morgan fingerprint density at radius 1 is 1.12 bits per heavy atom. The van der Waals surface area contributed by atoms with E-state index in [2.05, 4.69) is 0 Å². The van der Waals surface area contributed by atoms with Crippen molar-refractivity contribution in [1.82, 2.24) is 0 Å². The highest BCUT2D eigenvalue weighted by molar-refractivity contribution is 5.75. The average molecular weight is 331 g/mol. The van der Waals surface area contributed by atoms with E-state index < -0.39 is 18.1 Å². The zero-order valence-corrected chi connectivity index (χ0v) is 14.0. The van der Waals surface area contributed by atoms with Gasteiger partial charge in [-0.1, -0.05) is 36.4 Å². The number of halogens is 1. The molecule has 0 saturated heterocycles. The van der Waals surface area contributed by atoms with Crippen LogP contribution >= 0.6 is 0 Å². The van der Waals surface area contributed by atoms with E-state index in [1.165, 1.54) is 19.2 Å². The second-order valence-electron chi connectivity index (χ2n) is 5.71. The number of rotatable bonds is 6. The Morgan fingerprint density at radius 2 is 1.79 bits per heavy atom. The Balaban J connectivity index is 2.46. The molecule has 2 N–H and O–H groups in total. The first-order chi connectivity index (χ1) is 11.4. The minimum absolute atomic E-state index is 0.301. The van der Waals surface area contributed by atoms with Crippen molar-refractivity contribution in [3.8, 4) is 5.75 Å². The van der Waals surface area contributed by atoms with Crippen LogP contribution in [0, 0.1) is 5.82 Å². The van der Waals surface area contributed by atoms with Gasteiger partial charge in [-0.15, -0.1) is 0 Å². The summed E-state index contributed by atoms with van der Waals surface area (Å²) in [5.74, 6) is -0.760. The van der Waals surface area contributed by atoms with Crippen LogP contribution in [0.4, 0.5) is 4.39 Å². The number of nitrogens with two attached hydrogens (primary N) is 1. The maximum absolute atomic E-state index is 13.5. The van der Waals surface area contributed by atoms with Crippen LogP contribution in [0.15, 0.2) is 48.5 Å². The van der Waals surface area contributed by atoms with Crippen LogP contribution in [0.3, 0.4) is 0 Å². The van der Waals surface area contributed by atoms with Gasteiger partial charge in [0.25, 0.3) is 0 Å². The number of benzene rings is 2. The van der Waals surface area contributed by atoms with Gasteiger partial charge in [0.1, 0.15) is 23.7 Å². The maximum atomic E-state index is 13.5. The van der Waals surface area contributed by atoms with E-state index in [1.54, 1.807) is 19.9 Å². The molecular formula is C19H22FNO3. The van der Waals surface area contributed by atoms with Crippen molar-refractivity contribution >= 4 is 5.97 Å². The van der Waals surface area contributed by atoms with E-state index in [0.29, 0.717) is 5.75 Å². The predicted molar refractivity (Wildman–Crippen MR) is 90.4 cm³/mol. The number of hydrogen-bond acceptors (Lipinski definition) is 4. The third-order valence-corrected chi connectivity index (χ3v) is 3.83. The molecule has 0 bridgehead atoms. The second kappa shape index (κ2) is 7.93. The molecule has 128 valence electrons. The number of hydrogen-bond donors (Lipinski definition) is 1. The Labute approximate surface area is 141 Å². The molecule has 0 unspecified atom stereocenters. The molecule has 0 heterocycles. The molecule has 0 saturated carbocycles. The minimum atomic E-state index is -0.709. The molecule has 0 spiro atoms. The number of carbonyl (C=O) groups excluding carboxylic acids is 1. The molecule has 0 fully saturated rings. The fourth-order valence-electron chi connectivity index (χ4n) is 2.66. The summed E-state index contributed by atoms with van der Waals surface area (Å²) in [6.07, 6.45) is -0.495. The standard InChI is InChI=1S/C19H22FNO3/c1-12(21)19(22)24-13(2)18(14-7-5-4-6-8-14)16-10-9-15(20)11-17(16)23-3/h4-13,18H,21H2,1-3H3/t12-,13-,18+/m0/s1. The fourth-order valence-corrected chi connectivity index (χ4v) is 2.66. The summed E-state index contributed by atoms with van der Waals surface area (Å²) < 4.78 is 24.4. The fraction of sp³-hybridized carbons (Fsp3) is 0.316. The van der Waals surface area contributed by atoms with Crippen LogP contribution in [0.1, 0.15) is 30.9 Å². The molecule has 0 radical (unpaired) electrons. The van der Waals surface area contributed by atoms with Crippen molar-refractivity contribution < 1.29 is 18.7 Å². The van der Waals surface area contributed by atoms with E-state index >= 15 is 0 Å². The van der Waals surface area contributed by atoms with E-state index in [4.69, 9.17) is 15.2 Å². The van der Waals surface area contributed by atoms with Gasteiger partial charge >= 0.3 is 5.97 Å². The summed E-state index contributed by atoms with van der Waals surface area (Å²) >= 11 is 0. The summed E-state index contributed by atoms with van der Waals surface area (Å²) in [5, 5.41) is 0. The van der Waals surface area contributed by atoms with Crippen LogP contribution in [-0.2, 0) is 9.53 Å². The highest BCUT2D eigenvalue weighted by Crippen LogP contribution is 2.36. The van der Waals surface area contributed by atoms with Crippen molar-refractivity contribution in [2.75, 3.05) is 7.11 Å². The lowest BCUT2D eigenvalue weighted by molar-refractivity contribution is -0.150. The van der Waals surface area contributed by atoms with Gasteiger partial charge in [-0.2, -0.15) is 0 Å². The topological polar surface area (TPSA) is 61.5 Å². The molecule has 3 atom stereocenters. The zero-order valence-electron chi connectivity index (χ0n) is 14.0.